The number of benzene rings is 6. The lowest BCUT2D eigenvalue weighted by atomic mass is 9.78. The van der Waals surface area contributed by atoms with Crippen molar-refractivity contribution in [3.8, 4) is 27.9 Å². The number of nitrogens with zero attached hydrogens (tertiary/aromatic N) is 1. The highest BCUT2D eigenvalue weighted by Gasteiger charge is 2.51. The average molecular weight is 545 g/mol. The largest absolute Gasteiger partial charge is 0.494 e. The Morgan fingerprint density at radius 3 is 1.69 bits per heavy atom. The van der Waals surface area contributed by atoms with Gasteiger partial charge in [-0.3, -0.25) is 0 Å². The fourth-order valence-corrected chi connectivity index (χ4v) is 6.44. The van der Waals surface area contributed by atoms with E-state index in [1.54, 1.807) is 0 Å². The third-order valence-electron chi connectivity index (χ3n) is 9.33. The van der Waals surface area contributed by atoms with Crippen molar-refractivity contribution in [3.63, 3.8) is 0 Å². The fraction of sp³-hybridized carbons (Fsp3) is 0.158. The van der Waals surface area contributed by atoms with Gasteiger partial charge in [-0.2, -0.15) is 0 Å². The van der Waals surface area contributed by atoms with Gasteiger partial charge < -0.3 is 13.9 Å². The number of hydrogen-bond acceptors (Lipinski definition) is 2. The zero-order chi connectivity index (χ0) is 28.6. The summed E-state index contributed by atoms with van der Waals surface area (Å²) in [6.07, 6.45) is 0. The number of hydrogen-bond donors (Lipinski definition) is 0. The molecule has 4 heteroatoms. The van der Waals surface area contributed by atoms with Gasteiger partial charge in [-0.15, -0.1) is 0 Å². The van der Waals surface area contributed by atoms with Gasteiger partial charge >= 0.3 is 7.12 Å². The SMILES string of the molecule is CC1(C)OB(c2cc3ccc4cccc5c4c3c(c2)n5-c2cc(-c3ccccc3)cc(-c3ccccc3)c2)OC1(C)C. The van der Waals surface area contributed by atoms with Crippen molar-refractivity contribution in [2.75, 3.05) is 0 Å². The predicted molar refractivity (Wildman–Crippen MR) is 176 cm³/mol. The van der Waals surface area contributed by atoms with Crippen molar-refractivity contribution in [1.29, 1.82) is 0 Å². The van der Waals surface area contributed by atoms with Crippen LogP contribution in [0.1, 0.15) is 27.7 Å². The minimum atomic E-state index is -0.438. The number of rotatable bonds is 4. The van der Waals surface area contributed by atoms with Crippen LogP contribution in [0.3, 0.4) is 0 Å². The van der Waals surface area contributed by atoms with E-state index in [-0.39, 0.29) is 0 Å². The summed E-state index contributed by atoms with van der Waals surface area (Å²) in [7, 11) is -0.438. The molecule has 8 rings (SSSR count). The van der Waals surface area contributed by atoms with Crippen molar-refractivity contribution in [2.24, 2.45) is 0 Å². The van der Waals surface area contributed by atoms with Gasteiger partial charge in [0, 0.05) is 16.5 Å². The summed E-state index contributed by atoms with van der Waals surface area (Å²) in [6.45, 7) is 8.44. The van der Waals surface area contributed by atoms with Crippen molar-refractivity contribution in [1.82, 2.24) is 4.57 Å². The third-order valence-corrected chi connectivity index (χ3v) is 9.33. The quantitative estimate of drug-likeness (QED) is 0.163. The fourth-order valence-electron chi connectivity index (χ4n) is 6.44. The van der Waals surface area contributed by atoms with Crippen LogP contribution in [0, 0.1) is 0 Å². The first kappa shape index (κ1) is 25.3. The molecule has 0 bridgehead atoms. The van der Waals surface area contributed by atoms with E-state index >= 15 is 0 Å². The Morgan fingerprint density at radius 2 is 1.07 bits per heavy atom. The first-order chi connectivity index (χ1) is 20.3. The summed E-state index contributed by atoms with van der Waals surface area (Å²) in [5, 5.41) is 5.00. The molecule has 0 radical (unpaired) electrons. The van der Waals surface area contributed by atoms with Crippen LogP contribution in [0.2, 0.25) is 0 Å². The molecule has 7 aromatic rings. The minimum absolute atomic E-state index is 0.409. The summed E-state index contributed by atoms with van der Waals surface area (Å²) in [6, 6.07) is 43.9. The van der Waals surface area contributed by atoms with Crippen molar-refractivity contribution in [3.05, 3.63) is 121 Å². The summed E-state index contributed by atoms with van der Waals surface area (Å²) in [5.74, 6) is 0. The van der Waals surface area contributed by atoms with Gasteiger partial charge in [-0.25, -0.2) is 0 Å². The molecule has 6 aromatic carbocycles. The highest BCUT2D eigenvalue weighted by atomic mass is 16.7. The van der Waals surface area contributed by atoms with Crippen LogP contribution >= 0.6 is 0 Å². The zero-order valence-corrected chi connectivity index (χ0v) is 24.4. The lowest BCUT2D eigenvalue weighted by molar-refractivity contribution is 0.00578. The van der Waals surface area contributed by atoms with Crippen LogP contribution in [-0.2, 0) is 9.31 Å². The van der Waals surface area contributed by atoms with Crippen molar-refractivity contribution >= 4 is 45.2 Å². The Morgan fingerprint density at radius 1 is 0.500 bits per heavy atom. The second-order valence-corrected chi connectivity index (χ2v) is 12.5. The minimum Gasteiger partial charge on any atom is -0.399 e. The first-order valence-electron chi connectivity index (χ1n) is 14.7. The lowest BCUT2D eigenvalue weighted by Crippen LogP contribution is -2.41. The smallest absolute Gasteiger partial charge is 0.399 e. The van der Waals surface area contributed by atoms with E-state index in [0.717, 1.165) is 16.7 Å². The molecule has 0 spiro atoms. The van der Waals surface area contributed by atoms with Crippen LogP contribution in [0.5, 0.6) is 0 Å². The molecule has 0 atom stereocenters. The Labute approximate surface area is 246 Å². The van der Waals surface area contributed by atoms with Gasteiger partial charge in [-0.1, -0.05) is 91.0 Å². The lowest BCUT2D eigenvalue weighted by Gasteiger charge is -2.32. The van der Waals surface area contributed by atoms with Gasteiger partial charge in [0.1, 0.15) is 0 Å². The average Bonchev–Trinajstić information content (AvgIpc) is 3.46. The third kappa shape index (κ3) is 3.83. The Kier molecular flexibility index (Phi) is 5.47. The molecule has 0 saturated carbocycles. The molecule has 1 aliphatic rings. The van der Waals surface area contributed by atoms with Crippen molar-refractivity contribution in [2.45, 2.75) is 38.9 Å². The van der Waals surface area contributed by atoms with Crippen LogP contribution in [0.4, 0.5) is 0 Å². The molecule has 2 heterocycles. The van der Waals surface area contributed by atoms with Crippen LogP contribution in [0.25, 0.3) is 60.5 Å². The van der Waals surface area contributed by atoms with E-state index in [0.29, 0.717) is 0 Å². The van der Waals surface area contributed by atoms with E-state index in [9.17, 15) is 0 Å². The molecule has 3 nitrogen and oxygen atoms in total. The zero-order valence-electron chi connectivity index (χ0n) is 24.4. The standard InChI is InChI=1S/C38H32BNO2/c1-37(2)38(3,4)42-39(41-37)31-21-28-19-18-27-16-11-17-33-35(27)36(28)34(24-31)40(33)32-22-29(25-12-7-5-8-13-25)20-30(23-32)26-14-9-6-10-15-26/h5-24H,1-4H3. The van der Waals surface area contributed by atoms with Gasteiger partial charge in [0.2, 0.25) is 0 Å². The van der Waals surface area contributed by atoms with Gasteiger partial charge in [0.25, 0.3) is 0 Å². The maximum absolute atomic E-state index is 6.53. The highest BCUT2D eigenvalue weighted by Crippen LogP contribution is 2.41. The summed E-state index contributed by atoms with van der Waals surface area (Å²) in [4.78, 5) is 0. The molecule has 0 amide bonds. The molecule has 1 fully saturated rings. The predicted octanol–water partition coefficient (Wildman–Crippen LogP) is 9.01. The molecule has 1 aliphatic heterocycles. The molecular formula is C38H32BNO2. The summed E-state index contributed by atoms with van der Waals surface area (Å²) >= 11 is 0. The highest BCUT2D eigenvalue weighted by molar-refractivity contribution is 6.62. The Hall–Kier alpha value is -4.38. The van der Waals surface area contributed by atoms with E-state index in [1.807, 2.05) is 0 Å². The summed E-state index contributed by atoms with van der Waals surface area (Å²) in [5.41, 5.74) is 8.48. The Balaban J connectivity index is 1.43. The topological polar surface area (TPSA) is 23.4 Å². The van der Waals surface area contributed by atoms with E-state index in [4.69, 9.17) is 9.31 Å². The van der Waals surface area contributed by atoms with Gasteiger partial charge in [-0.05, 0) is 96.5 Å². The molecule has 1 aromatic heterocycles. The molecule has 0 aliphatic carbocycles. The molecule has 0 N–H and O–H groups in total. The number of aromatic nitrogens is 1. The van der Waals surface area contributed by atoms with Crippen LogP contribution < -0.4 is 5.46 Å². The molecule has 42 heavy (non-hydrogen) atoms. The van der Waals surface area contributed by atoms with E-state index < -0.39 is 18.3 Å². The van der Waals surface area contributed by atoms with E-state index in [2.05, 4.69) is 154 Å². The van der Waals surface area contributed by atoms with Crippen LogP contribution in [-0.4, -0.2) is 22.9 Å². The second-order valence-electron chi connectivity index (χ2n) is 12.5. The summed E-state index contributed by atoms with van der Waals surface area (Å²) < 4.78 is 15.5. The van der Waals surface area contributed by atoms with Gasteiger partial charge in [0.15, 0.2) is 0 Å². The van der Waals surface area contributed by atoms with Gasteiger partial charge in [0.05, 0.1) is 22.2 Å². The normalized spacial score (nSPS) is 16.2. The first-order valence-corrected chi connectivity index (χ1v) is 14.7. The van der Waals surface area contributed by atoms with E-state index in [1.165, 1.54) is 49.3 Å². The molecule has 0 unspecified atom stereocenters. The molecule has 204 valence electrons. The maximum atomic E-state index is 6.53. The molecule has 1 saturated heterocycles. The monoisotopic (exact) mass is 545 g/mol. The van der Waals surface area contributed by atoms with Crippen molar-refractivity contribution < 1.29 is 9.31 Å². The second kappa shape index (κ2) is 9.06. The molecular weight excluding hydrogens is 513 g/mol. The van der Waals surface area contributed by atoms with Crippen LogP contribution in [0.15, 0.2) is 121 Å². The maximum Gasteiger partial charge on any atom is 0.494 e. The Bertz CT molecular complexity index is 2020.